The summed E-state index contributed by atoms with van der Waals surface area (Å²) in [6.07, 6.45) is 1.04. The van der Waals surface area contributed by atoms with Gasteiger partial charge in [-0.2, -0.15) is 5.10 Å². The first-order valence-corrected chi connectivity index (χ1v) is 7.25. The van der Waals surface area contributed by atoms with Crippen LogP contribution in [0.3, 0.4) is 0 Å². The number of fused-ring (bicyclic) bond motifs is 1. The lowest BCUT2D eigenvalue weighted by molar-refractivity contribution is 0.0377. The Labute approximate surface area is 110 Å². The van der Waals surface area contributed by atoms with E-state index in [1.165, 1.54) is 7.05 Å². The van der Waals surface area contributed by atoms with Crippen molar-refractivity contribution < 1.29 is 9.42 Å². The summed E-state index contributed by atoms with van der Waals surface area (Å²) in [4.78, 5) is 2.37. The summed E-state index contributed by atoms with van der Waals surface area (Å²) < 4.78 is 14.3. The minimum atomic E-state index is -1.59. The highest BCUT2D eigenvalue weighted by Gasteiger charge is 2.21. The fourth-order valence-electron chi connectivity index (χ4n) is 2.12. The number of hydroxylamine groups is 1. The van der Waals surface area contributed by atoms with Gasteiger partial charge < -0.3 is 5.21 Å². The van der Waals surface area contributed by atoms with Crippen LogP contribution in [0, 0.1) is 0 Å². The van der Waals surface area contributed by atoms with Crippen molar-refractivity contribution in [1.82, 2.24) is 19.1 Å². The van der Waals surface area contributed by atoms with Gasteiger partial charge in [0.15, 0.2) is 16.0 Å². The lowest BCUT2D eigenvalue weighted by atomic mass is 10.3. The molecule has 0 aliphatic carbocycles. The first-order chi connectivity index (χ1) is 8.49. The SMILES string of the molecule is CC(C)N1CCCn2nc(S(=O)N(C)O)cc2C1. The second kappa shape index (κ2) is 5.48. The van der Waals surface area contributed by atoms with E-state index in [1.807, 2.05) is 10.7 Å². The molecular weight excluding hydrogens is 252 g/mol. The summed E-state index contributed by atoms with van der Waals surface area (Å²) in [5.74, 6) is 0. The largest absolute Gasteiger partial charge is 0.301 e. The zero-order valence-corrected chi connectivity index (χ0v) is 11.9. The van der Waals surface area contributed by atoms with E-state index in [0.717, 1.165) is 31.7 Å². The Balaban J connectivity index is 2.23. The van der Waals surface area contributed by atoms with E-state index in [0.29, 0.717) is 15.5 Å². The van der Waals surface area contributed by atoms with Gasteiger partial charge in [-0.3, -0.25) is 9.58 Å². The maximum atomic E-state index is 11.8. The maximum Gasteiger partial charge on any atom is 0.171 e. The minimum Gasteiger partial charge on any atom is -0.301 e. The van der Waals surface area contributed by atoms with Crippen LogP contribution in [0.15, 0.2) is 11.1 Å². The fraction of sp³-hybridized carbons (Fsp3) is 0.727. The smallest absolute Gasteiger partial charge is 0.171 e. The summed E-state index contributed by atoms with van der Waals surface area (Å²) in [6, 6.07) is 2.31. The van der Waals surface area contributed by atoms with Crippen LogP contribution in [0.4, 0.5) is 0 Å². The molecule has 1 aromatic rings. The van der Waals surface area contributed by atoms with Crippen LogP contribution in [-0.2, 0) is 24.1 Å². The highest BCUT2D eigenvalue weighted by atomic mass is 32.2. The van der Waals surface area contributed by atoms with Crippen molar-refractivity contribution >= 4 is 11.0 Å². The molecule has 0 bridgehead atoms. The summed E-state index contributed by atoms with van der Waals surface area (Å²) in [6.45, 7) is 7.06. The average Bonchev–Trinajstić information content (AvgIpc) is 2.59. The van der Waals surface area contributed by atoms with Gasteiger partial charge in [0.2, 0.25) is 0 Å². The molecular formula is C11H20N4O2S. The van der Waals surface area contributed by atoms with Gasteiger partial charge >= 0.3 is 0 Å². The second-order valence-corrected chi connectivity index (χ2v) is 6.27. The van der Waals surface area contributed by atoms with E-state index >= 15 is 0 Å². The number of rotatable bonds is 3. The molecule has 0 aromatic carbocycles. The zero-order chi connectivity index (χ0) is 13.3. The Kier molecular flexibility index (Phi) is 4.16. The second-order valence-electron chi connectivity index (χ2n) is 4.83. The van der Waals surface area contributed by atoms with E-state index < -0.39 is 11.0 Å². The third kappa shape index (κ3) is 2.80. The molecule has 7 heteroatoms. The minimum absolute atomic E-state index is 0.417. The fourth-order valence-corrected chi connectivity index (χ4v) is 2.80. The molecule has 102 valence electrons. The summed E-state index contributed by atoms with van der Waals surface area (Å²) in [7, 11) is -0.227. The van der Waals surface area contributed by atoms with Crippen molar-refractivity contribution in [3.63, 3.8) is 0 Å². The summed E-state index contributed by atoms with van der Waals surface area (Å²) in [5.41, 5.74) is 1.06. The number of aryl methyl sites for hydroxylation is 1. The van der Waals surface area contributed by atoms with Crippen molar-refractivity contribution in [3.05, 3.63) is 11.8 Å². The Bertz CT molecular complexity index is 444. The predicted octanol–water partition coefficient (Wildman–Crippen LogP) is 0.841. The van der Waals surface area contributed by atoms with Crippen LogP contribution in [-0.4, -0.2) is 48.2 Å². The first kappa shape index (κ1) is 13.7. The predicted molar refractivity (Wildman–Crippen MR) is 68.3 cm³/mol. The molecule has 0 saturated carbocycles. The molecule has 0 spiro atoms. The van der Waals surface area contributed by atoms with Gasteiger partial charge in [0.1, 0.15) is 0 Å². The van der Waals surface area contributed by atoms with E-state index in [4.69, 9.17) is 0 Å². The van der Waals surface area contributed by atoms with Gasteiger partial charge in [-0.15, -0.1) is 4.47 Å². The van der Waals surface area contributed by atoms with Gasteiger partial charge in [0, 0.05) is 32.7 Å². The number of nitrogens with zero attached hydrogens (tertiary/aromatic N) is 4. The van der Waals surface area contributed by atoms with E-state index in [-0.39, 0.29) is 0 Å². The molecule has 1 N–H and O–H groups in total. The molecule has 6 nitrogen and oxygen atoms in total. The molecule has 0 radical (unpaired) electrons. The molecule has 1 aromatic heterocycles. The molecule has 0 saturated heterocycles. The van der Waals surface area contributed by atoms with Crippen molar-refractivity contribution in [2.45, 2.75) is 44.4 Å². The van der Waals surface area contributed by atoms with Gasteiger partial charge in [-0.05, 0) is 26.3 Å². The van der Waals surface area contributed by atoms with Gasteiger partial charge in [0.25, 0.3) is 0 Å². The maximum absolute atomic E-state index is 11.8. The lowest BCUT2D eigenvalue weighted by Crippen LogP contribution is -2.30. The standard InChI is InChI=1S/C11H20N4O2S/c1-9(2)14-5-4-6-15-10(8-14)7-11(12-15)18(17)13(3)16/h7,9,16H,4-6,8H2,1-3H3. The van der Waals surface area contributed by atoms with Crippen LogP contribution >= 0.6 is 0 Å². The Morgan fingerprint density at radius 2 is 2.22 bits per heavy atom. The molecule has 1 aliphatic heterocycles. The van der Waals surface area contributed by atoms with Crippen molar-refractivity contribution in [2.24, 2.45) is 0 Å². The molecule has 18 heavy (non-hydrogen) atoms. The van der Waals surface area contributed by atoms with Gasteiger partial charge in [-0.25, -0.2) is 4.21 Å². The highest BCUT2D eigenvalue weighted by Crippen LogP contribution is 2.17. The van der Waals surface area contributed by atoms with Crippen molar-refractivity contribution in [1.29, 1.82) is 0 Å². The summed E-state index contributed by atoms with van der Waals surface area (Å²) >= 11 is 0. The number of aromatic nitrogens is 2. The molecule has 2 heterocycles. The normalized spacial score (nSPS) is 19.0. The number of hydrogen-bond acceptors (Lipinski definition) is 4. The summed E-state index contributed by atoms with van der Waals surface area (Å²) in [5, 5.41) is 13.9. The van der Waals surface area contributed by atoms with Crippen LogP contribution in [0.1, 0.15) is 26.0 Å². The average molecular weight is 272 g/mol. The lowest BCUT2D eigenvalue weighted by Gasteiger charge is -2.23. The molecule has 0 amide bonds. The third-order valence-electron chi connectivity index (χ3n) is 3.17. The topological polar surface area (TPSA) is 61.6 Å². The van der Waals surface area contributed by atoms with Crippen LogP contribution in [0.25, 0.3) is 0 Å². The Morgan fingerprint density at radius 1 is 1.50 bits per heavy atom. The molecule has 2 rings (SSSR count). The van der Waals surface area contributed by atoms with Crippen LogP contribution in [0.2, 0.25) is 0 Å². The van der Waals surface area contributed by atoms with Gasteiger partial charge in [0.05, 0.1) is 5.69 Å². The zero-order valence-electron chi connectivity index (χ0n) is 11.0. The van der Waals surface area contributed by atoms with E-state index in [9.17, 15) is 9.42 Å². The highest BCUT2D eigenvalue weighted by molar-refractivity contribution is 7.82. The number of hydrogen-bond donors (Lipinski definition) is 1. The van der Waals surface area contributed by atoms with Crippen molar-refractivity contribution in [2.75, 3.05) is 13.6 Å². The van der Waals surface area contributed by atoms with E-state index in [2.05, 4.69) is 23.8 Å². The van der Waals surface area contributed by atoms with Crippen molar-refractivity contribution in [3.8, 4) is 0 Å². The molecule has 1 atom stereocenters. The Morgan fingerprint density at radius 3 is 2.83 bits per heavy atom. The van der Waals surface area contributed by atoms with Gasteiger partial charge in [-0.1, -0.05) is 0 Å². The molecule has 0 fully saturated rings. The molecule has 1 aliphatic rings. The van der Waals surface area contributed by atoms with E-state index in [1.54, 1.807) is 0 Å². The quantitative estimate of drug-likeness (QED) is 0.828. The van der Waals surface area contributed by atoms with Crippen LogP contribution in [0.5, 0.6) is 0 Å². The third-order valence-corrected chi connectivity index (χ3v) is 4.21. The Hall–Kier alpha value is -0.760. The monoisotopic (exact) mass is 272 g/mol. The molecule has 1 unspecified atom stereocenters. The first-order valence-electron chi connectivity index (χ1n) is 6.14. The van der Waals surface area contributed by atoms with Crippen LogP contribution < -0.4 is 0 Å².